The number of hydrogen-bond donors (Lipinski definition) is 0. The van der Waals surface area contributed by atoms with Crippen LogP contribution in [0.4, 0.5) is 0 Å². The summed E-state index contributed by atoms with van der Waals surface area (Å²) in [4.78, 5) is 0. The maximum atomic E-state index is 2.23. The van der Waals surface area contributed by atoms with E-state index in [4.69, 9.17) is 0 Å². The van der Waals surface area contributed by atoms with Gasteiger partial charge in [0.15, 0.2) is 0 Å². The van der Waals surface area contributed by atoms with Gasteiger partial charge in [0, 0.05) is 0 Å². The third-order valence-electron chi connectivity index (χ3n) is 5.89. The summed E-state index contributed by atoms with van der Waals surface area (Å²) in [5, 5.41) is 0. The molecule has 0 nitrogen and oxygen atoms in total. The Labute approximate surface area is 157 Å². The van der Waals surface area contributed by atoms with Gasteiger partial charge in [0.25, 0.3) is 0 Å². The summed E-state index contributed by atoms with van der Waals surface area (Å²) < 4.78 is 0. The topological polar surface area (TPSA) is 0 Å². The molecule has 1 heteroatoms. The van der Waals surface area contributed by atoms with E-state index in [0.717, 1.165) is 0 Å². The van der Waals surface area contributed by atoms with Crippen molar-refractivity contribution in [1.29, 1.82) is 0 Å². The van der Waals surface area contributed by atoms with Crippen molar-refractivity contribution in [3.8, 4) is 0 Å². The van der Waals surface area contributed by atoms with Crippen LogP contribution in [-0.2, 0) is 32.3 Å². The Balaban J connectivity index is 0.000000403. The summed E-state index contributed by atoms with van der Waals surface area (Å²) in [6, 6.07) is 0. The fourth-order valence-corrected chi connectivity index (χ4v) is 3.65. The monoisotopic (exact) mass is 362 g/mol. The molecule has 0 N–H and O–H groups in total. The summed E-state index contributed by atoms with van der Waals surface area (Å²) in [7, 11) is 0. The molecule has 23 heavy (non-hydrogen) atoms. The van der Waals surface area contributed by atoms with Gasteiger partial charge < -0.3 is 0 Å². The first-order valence-electron chi connectivity index (χ1n) is 8.62. The fraction of sp³-hybridized carbons (Fsp3) is 0.545. The predicted octanol–water partition coefficient (Wildman–Crippen LogP) is 6.40. The van der Waals surface area contributed by atoms with Gasteiger partial charge in [0.05, 0.1) is 0 Å². The maximum absolute atomic E-state index is 2.23. The van der Waals surface area contributed by atoms with Gasteiger partial charge in [-0.3, -0.25) is 0 Å². The molecule has 0 aromatic heterocycles. The van der Waals surface area contributed by atoms with E-state index in [-0.39, 0.29) is 19.5 Å². The molecule has 0 atom stereocenters. The first-order valence-corrected chi connectivity index (χ1v) is 8.62. The SMILES string of the molecule is CC[c-]1c(C)c(C)c(C)c1C.CC[c-]1c(C)c(C)c(C)c1C.[Zn+2]. The minimum atomic E-state index is 0. The molecule has 2 aromatic carbocycles. The quantitative estimate of drug-likeness (QED) is 0.427. The molecule has 0 amide bonds. The second-order valence-corrected chi connectivity index (χ2v) is 6.66. The third kappa shape index (κ3) is 4.24. The predicted molar refractivity (Wildman–Crippen MR) is 101 cm³/mol. The van der Waals surface area contributed by atoms with Crippen LogP contribution >= 0.6 is 0 Å². The molecule has 0 aliphatic carbocycles. The summed E-state index contributed by atoms with van der Waals surface area (Å²) in [6.45, 7) is 22.3. The van der Waals surface area contributed by atoms with E-state index < -0.39 is 0 Å². The average molecular weight is 364 g/mol. The van der Waals surface area contributed by atoms with Crippen molar-refractivity contribution in [2.75, 3.05) is 0 Å². The van der Waals surface area contributed by atoms with Gasteiger partial charge in [0.1, 0.15) is 0 Å². The van der Waals surface area contributed by atoms with E-state index in [2.05, 4.69) is 69.2 Å². The molecule has 0 heterocycles. The van der Waals surface area contributed by atoms with E-state index in [0.29, 0.717) is 0 Å². The largest absolute Gasteiger partial charge is 2.00 e. The van der Waals surface area contributed by atoms with Crippen molar-refractivity contribution in [3.05, 3.63) is 55.6 Å². The Morgan fingerprint density at radius 3 is 0.739 bits per heavy atom. The van der Waals surface area contributed by atoms with Gasteiger partial charge in [-0.2, -0.15) is 55.6 Å². The molecule has 0 unspecified atom stereocenters. The molecule has 124 valence electrons. The average Bonchev–Trinajstić information content (AvgIpc) is 2.81. The van der Waals surface area contributed by atoms with Crippen LogP contribution < -0.4 is 0 Å². The summed E-state index contributed by atoms with van der Waals surface area (Å²) in [6.07, 6.45) is 2.35. The first-order chi connectivity index (χ1) is 10.2. The number of rotatable bonds is 2. The molecule has 0 radical (unpaired) electrons. The van der Waals surface area contributed by atoms with Crippen LogP contribution in [0.15, 0.2) is 0 Å². The Kier molecular flexibility index (Phi) is 8.71. The van der Waals surface area contributed by atoms with E-state index in [1.807, 2.05) is 0 Å². The van der Waals surface area contributed by atoms with Crippen LogP contribution in [-0.4, -0.2) is 0 Å². The molecule has 0 aliphatic heterocycles. The Bertz CT molecular complexity index is 541. The smallest absolute Gasteiger partial charge is 0.196 e. The zero-order valence-corrected chi connectivity index (χ0v) is 20.1. The molecule has 2 aromatic rings. The second kappa shape index (κ2) is 8.98. The molecule has 0 spiro atoms. The van der Waals surface area contributed by atoms with Gasteiger partial charge in [0.2, 0.25) is 0 Å². The van der Waals surface area contributed by atoms with Crippen LogP contribution in [0, 0.1) is 55.4 Å². The van der Waals surface area contributed by atoms with Gasteiger partial charge in [-0.1, -0.05) is 82.1 Å². The molecule has 0 saturated heterocycles. The minimum absolute atomic E-state index is 0. The van der Waals surface area contributed by atoms with Crippen LogP contribution in [0.1, 0.15) is 69.5 Å². The van der Waals surface area contributed by atoms with Gasteiger partial charge in [-0.05, 0) is 0 Å². The van der Waals surface area contributed by atoms with Crippen molar-refractivity contribution in [2.24, 2.45) is 0 Å². The number of hydrogen-bond acceptors (Lipinski definition) is 0. The Morgan fingerprint density at radius 2 is 0.652 bits per heavy atom. The van der Waals surface area contributed by atoms with Gasteiger partial charge >= 0.3 is 19.5 Å². The molecule has 2 rings (SSSR count). The van der Waals surface area contributed by atoms with Crippen LogP contribution in [0.25, 0.3) is 0 Å². The van der Waals surface area contributed by atoms with E-state index in [1.54, 1.807) is 11.1 Å². The molecule has 0 bridgehead atoms. The zero-order chi connectivity index (χ0) is 17.2. The normalized spacial score (nSPS) is 10.2. The molecule has 0 aliphatic rings. The third-order valence-corrected chi connectivity index (χ3v) is 5.89. The van der Waals surface area contributed by atoms with Crippen LogP contribution in [0.5, 0.6) is 0 Å². The van der Waals surface area contributed by atoms with Crippen LogP contribution in [0.3, 0.4) is 0 Å². The van der Waals surface area contributed by atoms with Gasteiger partial charge in [-0.15, -0.1) is 0 Å². The summed E-state index contributed by atoms with van der Waals surface area (Å²) in [5.41, 5.74) is 15.1. The molecule has 0 fully saturated rings. The fourth-order valence-electron chi connectivity index (χ4n) is 3.65. The van der Waals surface area contributed by atoms with E-state index in [9.17, 15) is 0 Å². The van der Waals surface area contributed by atoms with Crippen molar-refractivity contribution in [1.82, 2.24) is 0 Å². The van der Waals surface area contributed by atoms with Crippen molar-refractivity contribution in [2.45, 2.75) is 82.1 Å². The molecule has 0 saturated carbocycles. The van der Waals surface area contributed by atoms with Crippen molar-refractivity contribution >= 4 is 0 Å². The first kappa shape index (κ1) is 22.3. The zero-order valence-electron chi connectivity index (χ0n) is 17.1. The Hall–Kier alpha value is -0.677. The van der Waals surface area contributed by atoms with Crippen molar-refractivity contribution < 1.29 is 19.5 Å². The van der Waals surface area contributed by atoms with Crippen molar-refractivity contribution in [3.63, 3.8) is 0 Å². The summed E-state index contributed by atoms with van der Waals surface area (Å²) >= 11 is 0. The standard InChI is InChI=1S/2C11H17.Zn/c2*1-6-11-9(4)7(2)8(3)10(11)5;/h2*6H2,1-5H3;/q2*-1;+2. The Morgan fingerprint density at radius 1 is 0.478 bits per heavy atom. The van der Waals surface area contributed by atoms with E-state index in [1.165, 1.54) is 57.3 Å². The van der Waals surface area contributed by atoms with E-state index >= 15 is 0 Å². The molecular weight excluding hydrogens is 330 g/mol. The summed E-state index contributed by atoms with van der Waals surface area (Å²) in [5.74, 6) is 0. The molecular formula is C22H34Zn. The second-order valence-electron chi connectivity index (χ2n) is 6.66. The maximum Gasteiger partial charge on any atom is 2.00 e. The minimum Gasteiger partial charge on any atom is -0.196 e. The van der Waals surface area contributed by atoms with Gasteiger partial charge in [-0.25, -0.2) is 0 Å². The van der Waals surface area contributed by atoms with Crippen LogP contribution in [0.2, 0.25) is 0 Å².